The van der Waals surface area contributed by atoms with Crippen molar-refractivity contribution in [1.82, 2.24) is 4.90 Å². The average molecular weight is 348 g/mol. The lowest BCUT2D eigenvalue weighted by molar-refractivity contribution is -0.137. The van der Waals surface area contributed by atoms with Gasteiger partial charge in [0.1, 0.15) is 0 Å². The number of benzene rings is 1. The number of halogens is 4. The van der Waals surface area contributed by atoms with Crippen LogP contribution >= 0.6 is 11.6 Å². The molecule has 1 amide bonds. The van der Waals surface area contributed by atoms with Gasteiger partial charge in [-0.1, -0.05) is 11.6 Å². The Morgan fingerprint density at radius 3 is 2.74 bits per heavy atom. The molecule has 1 N–H and O–H groups in total. The van der Waals surface area contributed by atoms with Gasteiger partial charge in [-0.15, -0.1) is 0 Å². The van der Waals surface area contributed by atoms with Crippen LogP contribution in [0.2, 0.25) is 5.02 Å². The molecule has 1 aromatic carbocycles. The van der Waals surface area contributed by atoms with E-state index in [0.717, 1.165) is 18.2 Å². The summed E-state index contributed by atoms with van der Waals surface area (Å²) in [7, 11) is 0. The normalized spacial score (nSPS) is 20.3. The highest BCUT2D eigenvalue weighted by atomic mass is 35.5. The largest absolute Gasteiger partial charge is 0.416 e. The smallest absolute Gasteiger partial charge is 0.393 e. The number of nitrogens with zero attached hydrogens (tertiary/aromatic N) is 1. The summed E-state index contributed by atoms with van der Waals surface area (Å²) in [5.74, 6) is -0.272. The Hall–Kier alpha value is -1.53. The van der Waals surface area contributed by atoms with Gasteiger partial charge in [0.05, 0.1) is 11.7 Å². The summed E-state index contributed by atoms with van der Waals surface area (Å²) >= 11 is 5.88. The van der Waals surface area contributed by atoms with E-state index >= 15 is 0 Å². The van der Waals surface area contributed by atoms with Crippen LogP contribution in [0.15, 0.2) is 24.3 Å². The molecule has 0 aliphatic carbocycles. The fraction of sp³-hybridized carbons (Fsp3) is 0.438. The first-order valence-corrected chi connectivity index (χ1v) is 7.58. The number of likely N-dealkylation sites (tertiary alicyclic amines) is 1. The van der Waals surface area contributed by atoms with Gasteiger partial charge in [-0.05, 0) is 43.2 Å². The van der Waals surface area contributed by atoms with E-state index in [4.69, 9.17) is 11.6 Å². The molecule has 0 bridgehead atoms. The molecule has 1 aliphatic rings. The van der Waals surface area contributed by atoms with Crippen LogP contribution in [-0.2, 0) is 11.0 Å². The second kappa shape index (κ2) is 6.93. The van der Waals surface area contributed by atoms with Crippen molar-refractivity contribution in [3.05, 3.63) is 40.4 Å². The van der Waals surface area contributed by atoms with Crippen molar-refractivity contribution in [2.45, 2.75) is 25.6 Å². The molecule has 1 heterocycles. The fourth-order valence-corrected chi connectivity index (χ4v) is 2.68. The van der Waals surface area contributed by atoms with Crippen molar-refractivity contribution in [3.8, 4) is 0 Å². The van der Waals surface area contributed by atoms with Crippen LogP contribution in [0.3, 0.4) is 0 Å². The maximum Gasteiger partial charge on any atom is 0.416 e. The third-order valence-electron chi connectivity index (χ3n) is 3.95. The quantitative estimate of drug-likeness (QED) is 0.849. The van der Waals surface area contributed by atoms with Crippen LogP contribution in [0.4, 0.5) is 13.2 Å². The van der Waals surface area contributed by atoms with E-state index in [2.05, 4.69) is 0 Å². The maximum absolute atomic E-state index is 12.7. The topological polar surface area (TPSA) is 40.5 Å². The maximum atomic E-state index is 12.7. The number of amides is 1. The standard InChI is InChI=1S/C16H17ClF3NO2/c1-10(22)12-6-7-21(9-12)15(23)5-2-11-8-13(16(18,19)20)3-4-14(11)17/h2-5,8,10,12,22H,6-7,9H2,1H3/b5-2+. The van der Waals surface area contributed by atoms with E-state index in [1.54, 1.807) is 11.8 Å². The van der Waals surface area contributed by atoms with Gasteiger partial charge in [-0.25, -0.2) is 0 Å². The SMILES string of the molecule is CC(O)C1CCN(C(=O)/C=C/c2cc(C(F)(F)F)ccc2Cl)C1. The van der Waals surface area contributed by atoms with E-state index in [1.165, 1.54) is 12.2 Å². The number of aliphatic hydroxyl groups excluding tert-OH is 1. The molecule has 1 aliphatic heterocycles. The van der Waals surface area contributed by atoms with Gasteiger partial charge in [0.25, 0.3) is 0 Å². The number of hydrogen-bond acceptors (Lipinski definition) is 2. The Bertz CT molecular complexity index is 614. The highest BCUT2D eigenvalue weighted by Gasteiger charge is 2.31. The molecule has 2 atom stereocenters. The molecule has 0 radical (unpaired) electrons. The number of carbonyl (C=O) groups excluding carboxylic acids is 1. The molecule has 2 unspecified atom stereocenters. The van der Waals surface area contributed by atoms with Crippen LogP contribution in [0.1, 0.15) is 24.5 Å². The predicted octanol–water partition coefficient (Wildman–Crippen LogP) is 3.60. The van der Waals surface area contributed by atoms with Crippen molar-refractivity contribution >= 4 is 23.6 Å². The molecule has 1 fully saturated rings. The zero-order valence-corrected chi connectivity index (χ0v) is 13.2. The number of hydrogen-bond donors (Lipinski definition) is 1. The molecular formula is C16H17ClF3NO2. The summed E-state index contributed by atoms with van der Waals surface area (Å²) in [4.78, 5) is 13.6. The summed E-state index contributed by atoms with van der Waals surface area (Å²) in [6.07, 6.45) is -1.74. The number of aliphatic hydroxyl groups is 1. The number of rotatable bonds is 3. The third kappa shape index (κ3) is 4.48. The Labute approximate surface area is 137 Å². The predicted molar refractivity (Wildman–Crippen MR) is 81.9 cm³/mol. The summed E-state index contributed by atoms with van der Waals surface area (Å²) < 4.78 is 38.1. The molecule has 1 aromatic rings. The lowest BCUT2D eigenvalue weighted by atomic mass is 10.0. The second-order valence-corrected chi connectivity index (χ2v) is 6.05. The van der Waals surface area contributed by atoms with Gasteiger partial charge < -0.3 is 10.0 Å². The molecule has 0 spiro atoms. The zero-order chi connectivity index (χ0) is 17.2. The molecule has 0 saturated carbocycles. The number of alkyl halides is 3. The van der Waals surface area contributed by atoms with Crippen LogP contribution in [0.25, 0.3) is 6.08 Å². The molecule has 7 heteroatoms. The minimum Gasteiger partial charge on any atom is -0.393 e. The third-order valence-corrected chi connectivity index (χ3v) is 4.29. The van der Waals surface area contributed by atoms with Gasteiger partial charge in [-0.3, -0.25) is 4.79 Å². The minimum absolute atomic E-state index is 0.0319. The lowest BCUT2D eigenvalue weighted by Gasteiger charge is -2.16. The molecule has 2 rings (SSSR count). The highest BCUT2D eigenvalue weighted by molar-refractivity contribution is 6.32. The zero-order valence-electron chi connectivity index (χ0n) is 12.5. The van der Waals surface area contributed by atoms with Gasteiger partial charge >= 0.3 is 6.18 Å². The van der Waals surface area contributed by atoms with Crippen LogP contribution < -0.4 is 0 Å². The van der Waals surface area contributed by atoms with Gasteiger partial charge in [0, 0.05) is 30.1 Å². The van der Waals surface area contributed by atoms with Crippen molar-refractivity contribution < 1.29 is 23.1 Å². The van der Waals surface area contributed by atoms with E-state index in [9.17, 15) is 23.1 Å². The molecule has 3 nitrogen and oxygen atoms in total. The van der Waals surface area contributed by atoms with E-state index in [1.807, 2.05) is 0 Å². The van der Waals surface area contributed by atoms with Crippen molar-refractivity contribution in [3.63, 3.8) is 0 Å². The number of carbonyl (C=O) groups is 1. The Kier molecular flexibility index (Phi) is 5.37. The van der Waals surface area contributed by atoms with Crippen molar-refractivity contribution in [2.75, 3.05) is 13.1 Å². The first-order chi connectivity index (χ1) is 10.7. The monoisotopic (exact) mass is 347 g/mol. The second-order valence-electron chi connectivity index (χ2n) is 5.64. The van der Waals surface area contributed by atoms with Crippen LogP contribution in [0.5, 0.6) is 0 Å². The summed E-state index contributed by atoms with van der Waals surface area (Å²) in [5.41, 5.74) is -0.676. The minimum atomic E-state index is -4.46. The van der Waals surface area contributed by atoms with E-state index < -0.39 is 17.8 Å². The average Bonchev–Trinajstić information content (AvgIpc) is 2.95. The Balaban J connectivity index is 2.10. The molecule has 1 saturated heterocycles. The molecule has 0 aromatic heterocycles. The van der Waals surface area contributed by atoms with Crippen molar-refractivity contribution in [1.29, 1.82) is 0 Å². The summed E-state index contributed by atoms with van der Waals surface area (Å²) in [5, 5.41) is 9.67. The first kappa shape index (κ1) is 17.8. The Morgan fingerprint density at radius 2 is 2.17 bits per heavy atom. The summed E-state index contributed by atoms with van der Waals surface area (Å²) in [6, 6.07) is 2.97. The van der Waals surface area contributed by atoms with Gasteiger partial charge in [0.15, 0.2) is 0 Å². The van der Waals surface area contributed by atoms with E-state index in [0.29, 0.717) is 19.5 Å². The molecular weight excluding hydrogens is 331 g/mol. The molecule has 126 valence electrons. The van der Waals surface area contributed by atoms with Crippen molar-refractivity contribution in [2.24, 2.45) is 5.92 Å². The first-order valence-electron chi connectivity index (χ1n) is 7.20. The lowest BCUT2D eigenvalue weighted by Crippen LogP contribution is -2.28. The van der Waals surface area contributed by atoms with Gasteiger partial charge in [-0.2, -0.15) is 13.2 Å². The molecule has 23 heavy (non-hydrogen) atoms. The van der Waals surface area contributed by atoms with E-state index in [-0.39, 0.29) is 22.4 Å². The Morgan fingerprint density at radius 1 is 1.48 bits per heavy atom. The van der Waals surface area contributed by atoms with Gasteiger partial charge in [0.2, 0.25) is 5.91 Å². The highest BCUT2D eigenvalue weighted by Crippen LogP contribution is 2.32. The summed E-state index contributed by atoms with van der Waals surface area (Å²) in [6.45, 7) is 2.64. The fourth-order valence-electron chi connectivity index (χ4n) is 2.50. The van der Waals surface area contributed by atoms with Crippen LogP contribution in [0, 0.1) is 5.92 Å². The van der Waals surface area contributed by atoms with Crippen LogP contribution in [-0.4, -0.2) is 35.1 Å².